The van der Waals surface area contributed by atoms with Gasteiger partial charge in [-0.25, -0.2) is 4.67 Å². The van der Waals surface area contributed by atoms with E-state index in [2.05, 4.69) is 6.58 Å². The van der Waals surface area contributed by atoms with Gasteiger partial charge in [0.15, 0.2) is 5.85 Å². The average molecular weight is 303 g/mol. The van der Waals surface area contributed by atoms with E-state index >= 15 is 0 Å². The molecule has 1 unspecified atom stereocenters. The van der Waals surface area contributed by atoms with Gasteiger partial charge in [0.05, 0.1) is 5.60 Å². The van der Waals surface area contributed by atoms with Crippen LogP contribution in [0.4, 0.5) is 0 Å². The van der Waals surface area contributed by atoms with Crippen molar-refractivity contribution < 1.29 is 14.2 Å². The first kappa shape index (κ1) is 17.9. The number of nitrogens with zero attached hydrogens (tertiary/aromatic N) is 1. The van der Waals surface area contributed by atoms with E-state index in [9.17, 15) is 9.67 Å². The zero-order valence-corrected chi connectivity index (χ0v) is 14.8. The molecule has 0 radical (unpaired) electrons. The molecule has 4 nitrogen and oxygen atoms in total. The maximum absolute atomic E-state index is 13.5. The lowest BCUT2D eigenvalue weighted by Crippen LogP contribution is -2.51. The first-order chi connectivity index (χ1) is 8.76. The van der Waals surface area contributed by atoms with Crippen molar-refractivity contribution in [3.05, 3.63) is 12.7 Å². The van der Waals surface area contributed by atoms with Crippen molar-refractivity contribution in [2.24, 2.45) is 5.41 Å². The number of aliphatic hydroxyl groups excluding tert-OH is 1. The lowest BCUT2D eigenvalue weighted by molar-refractivity contribution is 0.00369. The molecule has 0 amide bonds. The highest BCUT2D eigenvalue weighted by Gasteiger charge is 2.54. The Morgan fingerprint density at radius 3 is 2.25 bits per heavy atom. The molecule has 0 aromatic carbocycles. The lowest BCUT2D eigenvalue weighted by atomic mass is 9.95. The smallest absolute Gasteiger partial charge is 0.302 e. The normalized spacial score (nSPS) is 30.0. The van der Waals surface area contributed by atoms with Crippen LogP contribution in [0.3, 0.4) is 0 Å². The highest BCUT2D eigenvalue weighted by molar-refractivity contribution is 7.57. The zero-order valence-electron chi connectivity index (χ0n) is 13.9. The van der Waals surface area contributed by atoms with Gasteiger partial charge in [-0.2, -0.15) is 0 Å². The summed E-state index contributed by atoms with van der Waals surface area (Å²) in [6.45, 7) is 17.9. The Bertz CT molecular complexity index is 423. The molecular formula is C15H30NO3P. The number of hydrogen-bond acceptors (Lipinski definition) is 3. The SMILES string of the molecule is C=CC(C)(C)[C@@H](O)P1(=O)OC(C)(C)CCN1C(C)(C)C. The number of aliphatic hydroxyl groups is 1. The monoisotopic (exact) mass is 303 g/mol. The van der Waals surface area contributed by atoms with Gasteiger partial charge in [-0.1, -0.05) is 19.9 Å². The average Bonchev–Trinajstić information content (AvgIpc) is 2.24. The van der Waals surface area contributed by atoms with Gasteiger partial charge in [-0.15, -0.1) is 6.58 Å². The molecule has 1 aliphatic heterocycles. The van der Waals surface area contributed by atoms with Crippen LogP contribution < -0.4 is 0 Å². The Hall–Kier alpha value is -0.150. The van der Waals surface area contributed by atoms with Crippen LogP contribution in [0, 0.1) is 5.41 Å². The third-order valence-corrected chi connectivity index (χ3v) is 7.43. The van der Waals surface area contributed by atoms with E-state index in [-0.39, 0.29) is 5.54 Å². The van der Waals surface area contributed by atoms with Gasteiger partial charge < -0.3 is 9.63 Å². The summed E-state index contributed by atoms with van der Waals surface area (Å²) in [6, 6.07) is 0. The van der Waals surface area contributed by atoms with Gasteiger partial charge in [-0.05, 0) is 41.0 Å². The summed E-state index contributed by atoms with van der Waals surface area (Å²) in [4.78, 5) is 0. The quantitative estimate of drug-likeness (QED) is 0.632. The Labute approximate surface area is 123 Å². The summed E-state index contributed by atoms with van der Waals surface area (Å²) < 4.78 is 21.3. The van der Waals surface area contributed by atoms with Crippen molar-refractivity contribution in [2.75, 3.05) is 6.54 Å². The Kier molecular flexibility index (Phi) is 4.69. The minimum absolute atomic E-state index is 0.329. The zero-order chi connectivity index (χ0) is 16.0. The molecule has 1 rings (SSSR count). The summed E-state index contributed by atoms with van der Waals surface area (Å²) >= 11 is 0. The molecule has 1 saturated heterocycles. The summed E-state index contributed by atoms with van der Waals surface area (Å²) in [6.07, 6.45) is 2.43. The van der Waals surface area contributed by atoms with E-state index in [1.165, 1.54) is 0 Å². The minimum Gasteiger partial charge on any atom is -0.381 e. The van der Waals surface area contributed by atoms with Gasteiger partial charge in [-0.3, -0.25) is 4.57 Å². The second-order valence-corrected chi connectivity index (χ2v) is 10.1. The molecule has 20 heavy (non-hydrogen) atoms. The molecule has 2 atom stereocenters. The van der Waals surface area contributed by atoms with Crippen LogP contribution in [-0.4, -0.2) is 33.3 Å². The Morgan fingerprint density at radius 2 is 1.85 bits per heavy atom. The van der Waals surface area contributed by atoms with Gasteiger partial charge in [0, 0.05) is 17.5 Å². The van der Waals surface area contributed by atoms with E-state index in [0.29, 0.717) is 6.54 Å². The molecule has 0 spiro atoms. The maximum atomic E-state index is 13.5. The predicted molar refractivity (Wildman–Crippen MR) is 83.8 cm³/mol. The van der Waals surface area contributed by atoms with Gasteiger partial charge in [0.25, 0.3) is 0 Å². The number of hydrogen-bond donors (Lipinski definition) is 1. The molecule has 5 heteroatoms. The molecule has 118 valence electrons. The third-order valence-electron chi connectivity index (χ3n) is 3.92. The molecule has 0 saturated carbocycles. The van der Waals surface area contributed by atoms with Crippen LogP contribution in [0.5, 0.6) is 0 Å². The molecule has 0 aliphatic carbocycles. The van der Waals surface area contributed by atoms with Crippen molar-refractivity contribution >= 4 is 7.52 Å². The van der Waals surface area contributed by atoms with Crippen molar-refractivity contribution in [3.63, 3.8) is 0 Å². The molecule has 1 fully saturated rings. The highest BCUT2D eigenvalue weighted by atomic mass is 31.2. The van der Waals surface area contributed by atoms with Gasteiger partial charge in [0.1, 0.15) is 0 Å². The van der Waals surface area contributed by atoms with E-state index in [4.69, 9.17) is 4.52 Å². The van der Waals surface area contributed by atoms with Crippen molar-refractivity contribution in [3.8, 4) is 0 Å². The van der Waals surface area contributed by atoms with E-state index in [1.54, 1.807) is 6.08 Å². The summed E-state index contributed by atoms with van der Waals surface area (Å²) in [7, 11) is -3.38. The molecular weight excluding hydrogens is 273 g/mol. The van der Waals surface area contributed by atoms with Crippen LogP contribution >= 0.6 is 7.52 Å². The second-order valence-electron chi connectivity index (χ2n) is 7.86. The molecule has 0 aromatic rings. The van der Waals surface area contributed by atoms with Crippen molar-refractivity contribution in [2.45, 2.75) is 71.9 Å². The van der Waals surface area contributed by atoms with Crippen LogP contribution in [0.15, 0.2) is 12.7 Å². The fourth-order valence-corrected chi connectivity index (χ4v) is 5.85. The summed E-state index contributed by atoms with van der Waals surface area (Å²) in [5, 5.41) is 10.7. The molecule has 0 bridgehead atoms. The molecule has 1 N–H and O–H groups in total. The maximum Gasteiger partial charge on any atom is 0.302 e. The summed E-state index contributed by atoms with van der Waals surface area (Å²) in [5.41, 5.74) is -1.49. The van der Waals surface area contributed by atoms with Crippen LogP contribution in [0.2, 0.25) is 0 Å². The highest BCUT2D eigenvalue weighted by Crippen LogP contribution is 2.66. The standard InChI is InChI=1S/C15H30NO3P/c1-9-14(5,6)12(17)20(18)16(13(2,3)4)11-10-15(7,8)19-20/h9,12,17H,1,10-11H2,2-8H3/t12-,20?/m0/s1. The molecule has 1 aliphatic rings. The van der Waals surface area contributed by atoms with E-state index in [0.717, 1.165) is 6.42 Å². The minimum atomic E-state index is -3.38. The van der Waals surface area contributed by atoms with Crippen molar-refractivity contribution in [1.82, 2.24) is 4.67 Å². The largest absolute Gasteiger partial charge is 0.381 e. The third kappa shape index (κ3) is 3.36. The summed E-state index contributed by atoms with van der Waals surface area (Å²) in [5.74, 6) is -1.09. The Morgan fingerprint density at radius 1 is 1.35 bits per heavy atom. The first-order valence-electron chi connectivity index (χ1n) is 7.16. The van der Waals surface area contributed by atoms with E-state index in [1.807, 2.05) is 53.1 Å². The van der Waals surface area contributed by atoms with Gasteiger partial charge in [0.2, 0.25) is 0 Å². The van der Waals surface area contributed by atoms with Crippen LogP contribution in [0.1, 0.15) is 54.9 Å². The first-order valence-corrected chi connectivity index (χ1v) is 8.81. The number of rotatable bonds is 3. The molecule has 1 heterocycles. The molecule has 0 aromatic heterocycles. The predicted octanol–water partition coefficient (Wildman–Crippen LogP) is 4.01. The van der Waals surface area contributed by atoms with E-state index < -0.39 is 24.4 Å². The second kappa shape index (κ2) is 5.24. The van der Waals surface area contributed by atoms with Crippen LogP contribution in [0.25, 0.3) is 0 Å². The lowest BCUT2D eigenvalue weighted by Gasteiger charge is -2.51. The Balaban J connectivity index is 3.30. The van der Waals surface area contributed by atoms with Gasteiger partial charge >= 0.3 is 7.52 Å². The topological polar surface area (TPSA) is 49.8 Å². The van der Waals surface area contributed by atoms with Crippen molar-refractivity contribution in [1.29, 1.82) is 0 Å². The fraction of sp³-hybridized carbons (Fsp3) is 0.867. The fourth-order valence-electron chi connectivity index (χ4n) is 2.42. The van der Waals surface area contributed by atoms with Crippen LogP contribution in [-0.2, 0) is 9.09 Å².